The van der Waals surface area contributed by atoms with E-state index in [0.717, 1.165) is 11.3 Å². The summed E-state index contributed by atoms with van der Waals surface area (Å²) in [7, 11) is 0. The van der Waals surface area contributed by atoms with Crippen LogP contribution in [-0.2, 0) is 0 Å². The van der Waals surface area contributed by atoms with Crippen LogP contribution in [0.3, 0.4) is 0 Å². The van der Waals surface area contributed by atoms with E-state index >= 15 is 0 Å². The lowest BCUT2D eigenvalue weighted by Gasteiger charge is -2.09. The van der Waals surface area contributed by atoms with Gasteiger partial charge < -0.3 is 10.6 Å². The maximum Gasteiger partial charge on any atom is 0.255 e. The van der Waals surface area contributed by atoms with Crippen LogP contribution in [0.2, 0.25) is 0 Å². The van der Waals surface area contributed by atoms with Crippen LogP contribution in [0.15, 0.2) is 72.8 Å². The number of hydrogen-bond donors (Lipinski definition) is 2. The number of nitriles is 1. The number of nitrogens with zero attached hydrogens (tertiary/aromatic N) is 1. The zero-order chi connectivity index (χ0) is 19.2. The second-order valence-corrected chi connectivity index (χ2v) is 5.99. The van der Waals surface area contributed by atoms with E-state index in [0.29, 0.717) is 22.4 Å². The van der Waals surface area contributed by atoms with E-state index in [2.05, 4.69) is 10.6 Å². The van der Waals surface area contributed by atoms with Crippen molar-refractivity contribution in [3.05, 3.63) is 95.1 Å². The zero-order valence-corrected chi connectivity index (χ0v) is 14.7. The Morgan fingerprint density at radius 2 is 1.33 bits per heavy atom. The van der Waals surface area contributed by atoms with Gasteiger partial charge in [0.05, 0.1) is 11.6 Å². The topological polar surface area (TPSA) is 82.0 Å². The number of carbonyl (C=O) groups is 2. The fourth-order valence-electron chi connectivity index (χ4n) is 2.51. The quantitative estimate of drug-likeness (QED) is 0.729. The lowest BCUT2D eigenvalue weighted by atomic mass is 10.1. The van der Waals surface area contributed by atoms with E-state index in [1.807, 2.05) is 37.3 Å². The van der Waals surface area contributed by atoms with Gasteiger partial charge in [-0.15, -0.1) is 0 Å². The van der Waals surface area contributed by atoms with Crippen LogP contribution in [0, 0.1) is 18.3 Å². The fourth-order valence-corrected chi connectivity index (χ4v) is 2.51. The van der Waals surface area contributed by atoms with Crippen LogP contribution in [0.25, 0.3) is 0 Å². The van der Waals surface area contributed by atoms with Crippen molar-refractivity contribution >= 4 is 23.2 Å². The molecule has 0 aliphatic heterocycles. The predicted octanol–water partition coefficient (Wildman–Crippen LogP) is 4.37. The molecule has 0 heterocycles. The summed E-state index contributed by atoms with van der Waals surface area (Å²) in [5.74, 6) is -0.520. The number of hydrogen-bond acceptors (Lipinski definition) is 3. The molecular formula is C22H17N3O2. The van der Waals surface area contributed by atoms with Crippen LogP contribution < -0.4 is 10.6 Å². The molecule has 132 valence electrons. The number of benzene rings is 3. The van der Waals surface area contributed by atoms with Crippen LogP contribution in [0.4, 0.5) is 11.4 Å². The molecule has 0 spiro atoms. The molecule has 2 amide bonds. The molecule has 0 aromatic heterocycles. The number of aryl methyl sites for hydroxylation is 1. The van der Waals surface area contributed by atoms with Crippen LogP contribution in [0.1, 0.15) is 31.8 Å². The Hall–Kier alpha value is -3.91. The molecular weight excluding hydrogens is 338 g/mol. The van der Waals surface area contributed by atoms with E-state index in [1.54, 1.807) is 48.5 Å². The third-order valence-electron chi connectivity index (χ3n) is 4.07. The maximum absolute atomic E-state index is 12.4. The number of para-hydroxylation sites is 1. The van der Waals surface area contributed by atoms with Gasteiger partial charge in [-0.25, -0.2) is 0 Å². The highest BCUT2D eigenvalue weighted by atomic mass is 16.2. The molecule has 3 rings (SSSR count). The van der Waals surface area contributed by atoms with E-state index in [-0.39, 0.29) is 11.8 Å². The molecule has 0 unspecified atom stereocenters. The van der Waals surface area contributed by atoms with Gasteiger partial charge in [0.1, 0.15) is 0 Å². The normalized spacial score (nSPS) is 9.93. The molecule has 0 saturated heterocycles. The van der Waals surface area contributed by atoms with Gasteiger partial charge in [-0.1, -0.05) is 18.2 Å². The van der Waals surface area contributed by atoms with Gasteiger partial charge in [0.15, 0.2) is 0 Å². The Balaban J connectivity index is 1.67. The van der Waals surface area contributed by atoms with Gasteiger partial charge in [0.25, 0.3) is 11.8 Å². The molecule has 0 aliphatic carbocycles. The molecule has 0 aliphatic rings. The lowest BCUT2D eigenvalue weighted by molar-refractivity contribution is 0.101. The highest BCUT2D eigenvalue weighted by Crippen LogP contribution is 2.16. The van der Waals surface area contributed by atoms with Gasteiger partial charge in [-0.3, -0.25) is 9.59 Å². The van der Waals surface area contributed by atoms with Crippen molar-refractivity contribution in [2.24, 2.45) is 0 Å². The van der Waals surface area contributed by atoms with Crippen molar-refractivity contribution in [2.45, 2.75) is 6.92 Å². The second-order valence-electron chi connectivity index (χ2n) is 5.99. The summed E-state index contributed by atoms with van der Waals surface area (Å²) in [5.41, 5.74) is 3.76. The molecule has 0 atom stereocenters. The Morgan fingerprint density at radius 1 is 0.778 bits per heavy atom. The molecule has 3 aromatic rings. The summed E-state index contributed by atoms with van der Waals surface area (Å²) in [6.07, 6.45) is 0. The first kappa shape index (κ1) is 17.9. The summed E-state index contributed by atoms with van der Waals surface area (Å²) in [6, 6.07) is 22.6. The Morgan fingerprint density at radius 3 is 1.89 bits per heavy atom. The van der Waals surface area contributed by atoms with Crippen molar-refractivity contribution in [2.75, 3.05) is 10.6 Å². The van der Waals surface area contributed by atoms with Crippen LogP contribution >= 0.6 is 0 Å². The summed E-state index contributed by atoms with van der Waals surface area (Å²) < 4.78 is 0. The van der Waals surface area contributed by atoms with Gasteiger partial charge in [-0.05, 0) is 67.1 Å². The number of nitrogens with one attached hydrogen (secondary N) is 2. The van der Waals surface area contributed by atoms with Crippen molar-refractivity contribution in [3.8, 4) is 6.07 Å². The van der Waals surface area contributed by atoms with Crippen LogP contribution in [-0.4, -0.2) is 11.8 Å². The lowest BCUT2D eigenvalue weighted by Crippen LogP contribution is -2.14. The number of anilines is 2. The Kier molecular flexibility index (Phi) is 5.29. The second kappa shape index (κ2) is 7.98. The molecule has 0 radical (unpaired) electrons. The molecule has 27 heavy (non-hydrogen) atoms. The van der Waals surface area contributed by atoms with E-state index in [9.17, 15) is 9.59 Å². The third-order valence-corrected chi connectivity index (χ3v) is 4.07. The van der Waals surface area contributed by atoms with Crippen molar-refractivity contribution < 1.29 is 9.59 Å². The largest absolute Gasteiger partial charge is 0.322 e. The first-order chi connectivity index (χ1) is 13.1. The van der Waals surface area contributed by atoms with Gasteiger partial charge in [0, 0.05) is 22.5 Å². The summed E-state index contributed by atoms with van der Waals surface area (Å²) in [5, 5.41) is 14.4. The minimum atomic E-state index is -0.287. The first-order valence-electron chi connectivity index (χ1n) is 8.35. The zero-order valence-electron chi connectivity index (χ0n) is 14.7. The van der Waals surface area contributed by atoms with Crippen molar-refractivity contribution in [3.63, 3.8) is 0 Å². The number of rotatable bonds is 4. The molecule has 0 bridgehead atoms. The third kappa shape index (κ3) is 4.39. The summed E-state index contributed by atoms with van der Waals surface area (Å²) in [6.45, 7) is 1.92. The molecule has 2 N–H and O–H groups in total. The minimum absolute atomic E-state index is 0.233. The molecule has 5 heteroatoms. The summed E-state index contributed by atoms with van der Waals surface area (Å²) in [4.78, 5) is 24.7. The maximum atomic E-state index is 12.4. The highest BCUT2D eigenvalue weighted by Gasteiger charge is 2.10. The molecule has 0 saturated carbocycles. The van der Waals surface area contributed by atoms with E-state index in [1.165, 1.54) is 0 Å². The molecule has 0 fully saturated rings. The van der Waals surface area contributed by atoms with Crippen molar-refractivity contribution in [1.82, 2.24) is 0 Å². The Bertz CT molecular complexity index is 1020. The average molecular weight is 355 g/mol. The summed E-state index contributed by atoms with van der Waals surface area (Å²) >= 11 is 0. The van der Waals surface area contributed by atoms with Gasteiger partial charge in [0.2, 0.25) is 0 Å². The highest BCUT2D eigenvalue weighted by molar-refractivity contribution is 6.07. The predicted molar refractivity (Wildman–Crippen MR) is 105 cm³/mol. The fraction of sp³-hybridized carbons (Fsp3) is 0.0455. The SMILES string of the molecule is Cc1ccccc1NC(=O)c1ccc(C(=O)Nc2ccc(C#N)cc2)cc1. The van der Waals surface area contributed by atoms with Gasteiger partial charge in [-0.2, -0.15) is 5.26 Å². The van der Waals surface area contributed by atoms with E-state index < -0.39 is 0 Å². The smallest absolute Gasteiger partial charge is 0.255 e. The van der Waals surface area contributed by atoms with Crippen LogP contribution in [0.5, 0.6) is 0 Å². The standard InChI is InChI=1S/C22H17N3O2/c1-15-4-2-3-5-20(15)25-22(27)18-10-8-17(9-11-18)21(26)24-19-12-6-16(14-23)7-13-19/h2-13H,1H3,(H,24,26)(H,25,27). The first-order valence-corrected chi connectivity index (χ1v) is 8.35. The minimum Gasteiger partial charge on any atom is -0.322 e. The van der Waals surface area contributed by atoms with Crippen molar-refractivity contribution in [1.29, 1.82) is 5.26 Å². The Labute approximate surface area is 157 Å². The number of amides is 2. The monoisotopic (exact) mass is 355 g/mol. The van der Waals surface area contributed by atoms with Gasteiger partial charge >= 0.3 is 0 Å². The average Bonchev–Trinajstić information content (AvgIpc) is 2.70. The van der Waals surface area contributed by atoms with E-state index in [4.69, 9.17) is 5.26 Å². The molecule has 5 nitrogen and oxygen atoms in total. The number of carbonyl (C=O) groups excluding carboxylic acids is 2. The molecule has 3 aromatic carbocycles.